The van der Waals surface area contributed by atoms with Crippen LogP contribution in [0.25, 0.3) is 10.8 Å². The Morgan fingerprint density at radius 1 is 1.15 bits per heavy atom. The zero-order valence-corrected chi connectivity index (χ0v) is 19.9. The van der Waals surface area contributed by atoms with Crippen molar-refractivity contribution in [3.05, 3.63) is 64.3 Å². The highest BCUT2D eigenvalue weighted by molar-refractivity contribution is 5.92. The Morgan fingerprint density at radius 3 is 2.64 bits per heavy atom. The first-order chi connectivity index (χ1) is 15.7. The number of amides is 1. The van der Waals surface area contributed by atoms with E-state index in [1.165, 1.54) is 42.3 Å². The molecule has 0 N–H and O–H groups in total. The van der Waals surface area contributed by atoms with Gasteiger partial charge in [-0.1, -0.05) is 19.3 Å². The lowest BCUT2D eigenvalue weighted by molar-refractivity contribution is 0.0577. The lowest BCUT2D eigenvalue weighted by Crippen LogP contribution is -2.36. The largest absolute Gasteiger partial charge is 0.443 e. The molecule has 1 aliphatic carbocycles. The average molecular weight is 449 g/mol. The number of pyridine rings is 1. The molecule has 0 aliphatic heterocycles. The van der Waals surface area contributed by atoms with E-state index in [1.54, 1.807) is 36.3 Å². The molecule has 7 nitrogen and oxygen atoms in total. The minimum absolute atomic E-state index is 0.176. The monoisotopic (exact) mass is 448 g/mol. The van der Waals surface area contributed by atoms with Gasteiger partial charge >= 0.3 is 6.09 Å². The molecule has 1 amide bonds. The number of aryl methyl sites for hydroxylation is 1. The van der Waals surface area contributed by atoms with Crippen LogP contribution in [0.4, 0.5) is 10.5 Å². The lowest BCUT2D eigenvalue weighted by Gasteiger charge is -2.28. The molecule has 33 heavy (non-hydrogen) atoms. The highest BCUT2D eigenvalue weighted by Gasteiger charge is 2.25. The maximum absolute atomic E-state index is 13.2. The van der Waals surface area contributed by atoms with Crippen molar-refractivity contribution in [1.29, 1.82) is 0 Å². The molecule has 4 rings (SSSR count). The van der Waals surface area contributed by atoms with E-state index in [9.17, 15) is 9.59 Å². The van der Waals surface area contributed by atoms with Gasteiger partial charge in [-0.2, -0.15) is 5.10 Å². The van der Waals surface area contributed by atoms with Crippen LogP contribution in [0.15, 0.2) is 47.5 Å². The van der Waals surface area contributed by atoms with Gasteiger partial charge in [0.2, 0.25) is 0 Å². The van der Waals surface area contributed by atoms with Crippen LogP contribution in [-0.4, -0.2) is 26.5 Å². The quantitative estimate of drug-likeness (QED) is 0.540. The Hall–Kier alpha value is -3.22. The summed E-state index contributed by atoms with van der Waals surface area (Å²) in [6.07, 6.45) is 9.24. The van der Waals surface area contributed by atoms with E-state index >= 15 is 0 Å². The first kappa shape index (κ1) is 23.0. The van der Waals surface area contributed by atoms with Gasteiger partial charge in [-0.05, 0) is 75.4 Å². The Kier molecular flexibility index (Phi) is 6.49. The molecule has 0 radical (unpaired) electrons. The van der Waals surface area contributed by atoms with E-state index in [-0.39, 0.29) is 12.1 Å². The molecule has 1 aromatic carbocycles. The van der Waals surface area contributed by atoms with Gasteiger partial charge in [-0.25, -0.2) is 9.48 Å². The SMILES string of the molecule is Cn1ncc2cc(N(Cc3cc(C4CCCCC4)ccn3)C(=O)OC(C)(C)C)ccc2c1=O. The number of hydrogen-bond donors (Lipinski definition) is 0. The maximum Gasteiger partial charge on any atom is 0.415 e. The van der Waals surface area contributed by atoms with E-state index in [4.69, 9.17) is 4.74 Å². The van der Waals surface area contributed by atoms with Gasteiger partial charge in [0.05, 0.1) is 23.8 Å². The fraction of sp³-hybridized carbons (Fsp3) is 0.462. The van der Waals surface area contributed by atoms with Crippen LogP contribution in [0, 0.1) is 0 Å². The standard InChI is InChI=1S/C26H32N4O3/c1-26(2,3)33-25(32)30(22-10-11-23-20(15-22)16-28-29(4)24(23)31)17-21-14-19(12-13-27-21)18-8-6-5-7-9-18/h10-16,18H,5-9,17H2,1-4H3. The molecule has 7 heteroatoms. The highest BCUT2D eigenvalue weighted by atomic mass is 16.6. The second-order valence-corrected chi connectivity index (χ2v) is 9.83. The molecule has 2 heterocycles. The third kappa shape index (κ3) is 5.41. The molecule has 2 aromatic heterocycles. The zero-order chi connectivity index (χ0) is 23.6. The van der Waals surface area contributed by atoms with Crippen molar-refractivity contribution in [2.75, 3.05) is 4.90 Å². The molecule has 0 spiro atoms. The van der Waals surface area contributed by atoms with E-state index in [0.717, 1.165) is 5.69 Å². The number of anilines is 1. The minimum Gasteiger partial charge on any atom is -0.443 e. The predicted octanol–water partition coefficient (Wildman–Crippen LogP) is 5.32. The Balaban J connectivity index is 1.69. The van der Waals surface area contributed by atoms with Crippen LogP contribution in [0.2, 0.25) is 0 Å². The second kappa shape index (κ2) is 9.33. The second-order valence-electron chi connectivity index (χ2n) is 9.83. The summed E-state index contributed by atoms with van der Waals surface area (Å²) < 4.78 is 7.01. The maximum atomic E-state index is 13.2. The van der Waals surface area contributed by atoms with Crippen LogP contribution in [0.3, 0.4) is 0 Å². The summed E-state index contributed by atoms with van der Waals surface area (Å²) in [4.78, 5) is 31.7. The number of carbonyl (C=O) groups excluding carboxylic acids is 1. The number of aromatic nitrogens is 3. The molecule has 0 atom stereocenters. The first-order valence-corrected chi connectivity index (χ1v) is 11.6. The van der Waals surface area contributed by atoms with Gasteiger partial charge in [0.25, 0.3) is 5.56 Å². The average Bonchev–Trinajstić information content (AvgIpc) is 2.79. The van der Waals surface area contributed by atoms with E-state index in [0.29, 0.717) is 22.4 Å². The van der Waals surface area contributed by atoms with E-state index in [1.807, 2.05) is 27.0 Å². The van der Waals surface area contributed by atoms with Crippen molar-refractivity contribution in [3.8, 4) is 0 Å². The zero-order valence-electron chi connectivity index (χ0n) is 19.9. The van der Waals surface area contributed by atoms with Gasteiger partial charge < -0.3 is 4.74 Å². The van der Waals surface area contributed by atoms with Crippen LogP contribution in [-0.2, 0) is 18.3 Å². The normalized spacial score (nSPS) is 14.9. The van der Waals surface area contributed by atoms with E-state index < -0.39 is 11.7 Å². The molecule has 1 saturated carbocycles. The van der Waals surface area contributed by atoms with Crippen LogP contribution >= 0.6 is 0 Å². The lowest BCUT2D eigenvalue weighted by atomic mass is 9.84. The summed E-state index contributed by atoms with van der Waals surface area (Å²) in [6.45, 7) is 5.82. The van der Waals surface area contributed by atoms with Crippen molar-refractivity contribution in [1.82, 2.24) is 14.8 Å². The van der Waals surface area contributed by atoms with Gasteiger partial charge in [0, 0.05) is 24.3 Å². The summed E-state index contributed by atoms with van der Waals surface area (Å²) in [6, 6.07) is 9.52. The van der Waals surface area contributed by atoms with Crippen molar-refractivity contribution in [2.24, 2.45) is 7.05 Å². The molecule has 0 saturated heterocycles. The highest BCUT2D eigenvalue weighted by Crippen LogP contribution is 2.33. The van der Waals surface area contributed by atoms with Crippen LogP contribution in [0.5, 0.6) is 0 Å². The number of nitrogens with zero attached hydrogens (tertiary/aromatic N) is 4. The molecule has 0 bridgehead atoms. The van der Waals surface area contributed by atoms with Gasteiger partial charge in [0.15, 0.2) is 0 Å². The fourth-order valence-corrected chi connectivity index (χ4v) is 4.41. The van der Waals surface area contributed by atoms with Gasteiger partial charge in [-0.3, -0.25) is 14.7 Å². The number of fused-ring (bicyclic) bond motifs is 1. The number of benzene rings is 1. The summed E-state index contributed by atoms with van der Waals surface area (Å²) in [5, 5.41) is 5.34. The third-order valence-electron chi connectivity index (χ3n) is 6.09. The van der Waals surface area contributed by atoms with Gasteiger partial charge in [-0.15, -0.1) is 0 Å². The minimum atomic E-state index is -0.638. The smallest absolute Gasteiger partial charge is 0.415 e. The van der Waals surface area contributed by atoms with Crippen molar-refractivity contribution in [2.45, 2.75) is 70.9 Å². The summed E-state index contributed by atoms with van der Waals surface area (Å²) >= 11 is 0. The number of carbonyl (C=O) groups is 1. The van der Waals surface area contributed by atoms with Gasteiger partial charge in [0.1, 0.15) is 5.60 Å². The summed E-state index contributed by atoms with van der Waals surface area (Å²) in [5.41, 5.74) is 1.92. The molecule has 1 fully saturated rings. The Morgan fingerprint density at radius 2 is 1.91 bits per heavy atom. The summed E-state index contributed by atoms with van der Waals surface area (Å²) in [5.74, 6) is 0.554. The topological polar surface area (TPSA) is 77.3 Å². The number of hydrogen-bond acceptors (Lipinski definition) is 5. The molecule has 3 aromatic rings. The number of rotatable bonds is 4. The predicted molar refractivity (Wildman–Crippen MR) is 129 cm³/mol. The van der Waals surface area contributed by atoms with Crippen molar-refractivity contribution in [3.63, 3.8) is 0 Å². The summed E-state index contributed by atoms with van der Waals surface area (Å²) in [7, 11) is 1.62. The fourth-order valence-electron chi connectivity index (χ4n) is 4.41. The first-order valence-electron chi connectivity index (χ1n) is 11.6. The Bertz CT molecular complexity index is 1210. The Labute approximate surface area is 194 Å². The third-order valence-corrected chi connectivity index (χ3v) is 6.09. The van der Waals surface area contributed by atoms with Crippen molar-refractivity contribution >= 4 is 22.6 Å². The molecule has 1 aliphatic rings. The molecule has 0 unspecified atom stereocenters. The van der Waals surface area contributed by atoms with Crippen molar-refractivity contribution < 1.29 is 9.53 Å². The van der Waals surface area contributed by atoms with E-state index in [2.05, 4.69) is 22.2 Å². The van der Waals surface area contributed by atoms with Crippen LogP contribution in [0.1, 0.15) is 70.1 Å². The molecular formula is C26H32N4O3. The number of ether oxygens (including phenoxy) is 1. The van der Waals surface area contributed by atoms with Crippen LogP contribution < -0.4 is 10.5 Å². The molecular weight excluding hydrogens is 416 g/mol. The molecule has 174 valence electrons.